The van der Waals surface area contributed by atoms with Crippen molar-refractivity contribution in [1.82, 2.24) is 0 Å². The molecule has 0 aliphatic rings. The van der Waals surface area contributed by atoms with E-state index in [9.17, 15) is 0 Å². The second-order valence-corrected chi connectivity index (χ2v) is 6.83. The van der Waals surface area contributed by atoms with Gasteiger partial charge in [-0.1, -0.05) is 88.7 Å². The van der Waals surface area contributed by atoms with Crippen LogP contribution in [-0.4, -0.2) is 5.88 Å². The summed E-state index contributed by atoms with van der Waals surface area (Å²) in [6, 6.07) is 29.5. The highest BCUT2D eigenvalue weighted by molar-refractivity contribution is 9.10. The number of hydrogen-bond donors (Lipinski definition) is 0. The largest absolute Gasteiger partial charge is 0.126 e. The third-order valence-corrected chi connectivity index (χ3v) is 4.68. The van der Waals surface area contributed by atoms with E-state index in [0.29, 0.717) is 5.88 Å². The molecule has 0 bridgehead atoms. The maximum Gasteiger partial charge on any atom is 0.0264 e. The van der Waals surface area contributed by atoms with Gasteiger partial charge >= 0.3 is 0 Å². The molecule has 0 N–H and O–H groups in total. The highest BCUT2D eigenvalue weighted by Gasteiger charge is 2.13. The van der Waals surface area contributed by atoms with Crippen LogP contribution in [-0.2, 0) is 0 Å². The zero-order valence-electron chi connectivity index (χ0n) is 13.3. The monoisotopic (exact) mass is 396 g/mol. The van der Waals surface area contributed by atoms with Crippen molar-refractivity contribution in [3.8, 4) is 0 Å². The lowest BCUT2D eigenvalue weighted by molar-refractivity contribution is 1.25. The van der Waals surface area contributed by atoms with E-state index < -0.39 is 0 Å². The van der Waals surface area contributed by atoms with Gasteiger partial charge in [0.05, 0.1) is 0 Å². The van der Waals surface area contributed by atoms with E-state index in [-0.39, 0.29) is 0 Å². The second-order valence-electron chi connectivity index (χ2n) is 5.53. The fraction of sp³-hybridized carbons (Fsp3) is 0.0909. The van der Waals surface area contributed by atoms with Gasteiger partial charge in [-0.15, -0.1) is 11.6 Å². The Labute approximate surface area is 156 Å². The third kappa shape index (κ3) is 3.98. The summed E-state index contributed by atoms with van der Waals surface area (Å²) in [5.74, 6) is 0.594. The highest BCUT2D eigenvalue weighted by atomic mass is 79.9. The minimum atomic E-state index is 0.594. The minimum absolute atomic E-state index is 0.594. The average molecular weight is 398 g/mol. The number of allylic oxidation sites excluding steroid dienone is 1. The van der Waals surface area contributed by atoms with Crippen molar-refractivity contribution in [3.05, 3.63) is 106 Å². The van der Waals surface area contributed by atoms with E-state index >= 15 is 0 Å². The van der Waals surface area contributed by atoms with Crippen molar-refractivity contribution in [2.75, 3.05) is 5.88 Å². The first-order chi connectivity index (χ1) is 11.8. The van der Waals surface area contributed by atoms with Gasteiger partial charge in [0.25, 0.3) is 0 Å². The van der Waals surface area contributed by atoms with Gasteiger partial charge in [-0.3, -0.25) is 0 Å². The Hall–Kier alpha value is -1.83. The molecule has 0 heterocycles. The lowest BCUT2D eigenvalue weighted by Gasteiger charge is -2.17. The Bertz CT molecular complexity index is 806. The lowest BCUT2D eigenvalue weighted by Crippen LogP contribution is -1.96. The van der Waals surface area contributed by atoms with Crippen LogP contribution in [0.4, 0.5) is 0 Å². The van der Waals surface area contributed by atoms with Crippen molar-refractivity contribution in [2.45, 2.75) is 6.42 Å². The van der Waals surface area contributed by atoms with Gasteiger partial charge in [-0.05, 0) is 46.4 Å². The number of rotatable bonds is 5. The van der Waals surface area contributed by atoms with Crippen molar-refractivity contribution >= 4 is 38.7 Å². The molecule has 120 valence electrons. The Kier molecular flexibility index (Phi) is 5.90. The molecule has 0 saturated carbocycles. The lowest BCUT2D eigenvalue weighted by atomic mass is 9.88. The molecule has 0 radical (unpaired) electrons. The van der Waals surface area contributed by atoms with Gasteiger partial charge in [0, 0.05) is 10.4 Å². The van der Waals surface area contributed by atoms with Gasteiger partial charge < -0.3 is 0 Å². The Morgan fingerprint density at radius 2 is 1.17 bits per heavy atom. The molecular formula is C22H18BrCl. The molecule has 2 heteroatoms. The van der Waals surface area contributed by atoms with E-state index in [2.05, 4.69) is 88.7 Å². The number of hydrogen-bond acceptors (Lipinski definition) is 0. The molecular weight excluding hydrogens is 380 g/mol. The van der Waals surface area contributed by atoms with Gasteiger partial charge in [-0.25, -0.2) is 0 Å². The molecule has 0 spiro atoms. The summed E-state index contributed by atoms with van der Waals surface area (Å²) in [4.78, 5) is 0. The van der Waals surface area contributed by atoms with E-state index in [0.717, 1.165) is 10.9 Å². The predicted octanol–water partition coefficient (Wildman–Crippen LogP) is 7.04. The molecule has 24 heavy (non-hydrogen) atoms. The van der Waals surface area contributed by atoms with Crippen LogP contribution in [0.25, 0.3) is 11.1 Å². The van der Waals surface area contributed by atoms with Crippen molar-refractivity contribution in [3.63, 3.8) is 0 Å². The summed E-state index contributed by atoms with van der Waals surface area (Å²) in [6.45, 7) is 0. The standard InChI is InChI=1S/C22H18BrCl/c23-20-13-11-19(12-14-20)22(18-9-5-2-6-10-18)21(15-16-24)17-7-3-1-4-8-17/h1-14H,15-16H2. The molecule has 0 unspecified atom stereocenters. The summed E-state index contributed by atoms with van der Waals surface area (Å²) >= 11 is 9.68. The fourth-order valence-corrected chi connectivity index (χ4v) is 3.34. The summed E-state index contributed by atoms with van der Waals surface area (Å²) in [6.07, 6.45) is 0.825. The third-order valence-electron chi connectivity index (χ3n) is 3.96. The van der Waals surface area contributed by atoms with Gasteiger partial charge in [0.1, 0.15) is 0 Å². The summed E-state index contributed by atoms with van der Waals surface area (Å²) in [7, 11) is 0. The quantitative estimate of drug-likeness (QED) is 0.320. The van der Waals surface area contributed by atoms with E-state index in [1.165, 1.54) is 27.8 Å². The molecule has 0 atom stereocenters. The summed E-state index contributed by atoms with van der Waals surface area (Å²) in [5.41, 5.74) is 6.16. The number of halogens is 2. The SMILES string of the molecule is ClCCC(=C(c1ccccc1)c1ccc(Br)cc1)c1ccccc1. The molecule has 3 aromatic rings. The van der Waals surface area contributed by atoms with E-state index in [1.54, 1.807) is 0 Å². The van der Waals surface area contributed by atoms with Crippen LogP contribution in [0.2, 0.25) is 0 Å². The summed E-state index contributed by atoms with van der Waals surface area (Å²) < 4.78 is 1.08. The molecule has 0 aromatic heterocycles. The molecule has 0 amide bonds. The van der Waals surface area contributed by atoms with Crippen LogP contribution >= 0.6 is 27.5 Å². The van der Waals surface area contributed by atoms with Crippen LogP contribution in [0.1, 0.15) is 23.1 Å². The zero-order chi connectivity index (χ0) is 16.8. The van der Waals surface area contributed by atoms with Gasteiger partial charge in [0.2, 0.25) is 0 Å². The van der Waals surface area contributed by atoms with Crippen LogP contribution in [0, 0.1) is 0 Å². The topological polar surface area (TPSA) is 0 Å². The molecule has 3 rings (SSSR count). The molecule has 0 saturated heterocycles. The number of benzene rings is 3. The molecule has 0 fully saturated rings. The van der Waals surface area contributed by atoms with Gasteiger partial charge in [0.15, 0.2) is 0 Å². The normalized spacial score (nSPS) is 11.9. The van der Waals surface area contributed by atoms with Crippen molar-refractivity contribution in [1.29, 1.82) is 0 Å². The van der Waals surface area contributed by atoms with Crippen LogP contribution < -0.4 is 0 Å². The number of alkyl halides is 1. The Morgan fingerprint density at radius 1 is 0.667 bits per heavy atom. The minimum Gasteiger partial charge on any atom is -0.126 e. The molecule has 0 nitrogen and oxygen atoms in total. The first kappa shape index (κ1) is 17.0. The average Bonchev–Trinajstić information content (AvgIpc) is 2.64. The molecule has 0 aliphatic heterocycles. The Morgan fingerprint density at radius 3 is 1.71 bits per heavy atom. The molecule has 0 aliphatic carbocycles. The van der Waals surface area contributed by atoms with E-state index in [1.807, 2.05) is 12.1 Å². The van der Waals surface area contributed by atoms with Crippen LogP contribution in [0.15, 0.2) is 89.4 Å². The zero-order valence-corrected chi connectivity index (χ0v) is 15.6. The first-order valence-electron chi connectivity index (χ1n) is 7.95. The van der Waals surface area contributed by atoms with Crippen LogP contribution in [0.5, 0.6) is 0 Å². The fourth-order valence-electron chi connectivity index (χ4n) is 2.88. The van der Waals surface area contributed by atoms with Gasteiger partial charge in [-0.2, -0.15) is 0 Å². The second kappa shape index (κ2) is 8.32. The predicted molar refractivity (Wildman–Crippen MR) is 108 cm³/mol. The maximum atomic E-state index is 6.15. The first-order valence-corrected chi connectivity index (χ1v) is 9.28. The van der Waals surface area contributed by atoms with Crippen molar-refractivity contribution in [2.24, 2.45) is 0 Å². The smallest absolute Gasteiger partial charge is 0.0264 e. The van der Waals surface area contributed by atoms with E-state index in [4.69, 9.17) is 11.6 Å². The highest BCUT2D eigenvalue weighted by Crippen LogP contribution is 2.35. The molecule has 3 aromatic carbocycles. The van der Waals surface area contributed by atoms with Crippen molar-refractivity contribution < 1.29 is 0 Å². The van der Waals surface area contributed by atoms with Crippen LogP contribution in [0.3, 0.4) is 0 Å². The summed E-state index contributed by atoms with van der Waals surface area (Å²) in [5, 5.41) is 0. The maximum absolute atomic E-state index is 6.15. The Balaban J connectivity index is 2.26.